The molecule has 0 aromatic heterocycles. The third-order valence-electron chi connectivity index (χ3n) is 2.78. The first-order valence-electron chi connectivity index (χ1n) is 5.92. The first-order valence-corrected chi connectivity index (χ1v) is 6.91. The van der Waals surface area contributed by atoms with Crippen LogP contribution in [0.25, 0.3) is 0 Å². The number of amides is 1. The van der Waals surface area contributed by atoms with Crippen molar-refractivity contribution in [1.29, 1.82) is 0 Å². The topological polar surface area (TPSA) is 66.4 Å². The van der Waals surface area contributed by atoms with Crippen molar-refractivity contribution < 1.29 is 14.7 Å². The maximum Gasteiger partial charge on any atom is 0.303 e. The SMILES string of the molecule is O=C(O)CCCCc1ccc2c(c1)SCC(=O)N2. The number of aliphatic carboxylic acids is 1. The molecule has 2 rings (SSSR count). The first kappa shape index (κ1) is 13.0. The Bertz CT molecular complexity index is 473. The van der Waals surface area contributed by atoms with Crippen molar-refractivity contribution in [2.24, 2.45) is 0 Å². The standard InChI is InChI=1S/C13H15NO3S/c15-12-8-18-11-7-9(5-6-10(11)14-12)3-1-2-4-13(16)17/h5-7H,1-4,8H2,(H,14,15)(H,16,17). The van der Waals surface area contributed by atoms with Gasteiger partial charge < -0.3 is 10.4 Å². The maximum atomic E-state index is 11.2. The molecule has 1 heterocycles. The summed E-state index contributed by atoms with van der Waals surface area (Å²) < 4.78 is 0. The zero-order chi connectivity index (χ0) is 13.0. The van der Waals surface area contributed by atoms with Gasteiger partial charge in [0, 0.05) is 11.3 Å². The molecule has 1 aromatic rings. The van der Waals surface area contributed by atoms with Gasteiger partial charge in [-0.25, -0.2) is 0 Å². The van der Waals surface area contributed by atoms with E-state index < -0.39 is 5.97 Å². The number of carbonyl (C=O) groups excluding carboxylic acids is 1. The van der Waals surface area contributed by atoms with Gasteiger partial charge in [-0.1, -0.05) is 6.07 Å². The van der Waals surface area contributed by atoms with Gasteiger partial charge in [-0.15, -0.1) is 11.8 Å². The normalized spacial score (nSPS) is 13.9. The van der Waals surface area contributed by atoms with Crippen LogP contribution in [-0.2, 0) is 16.0 Å². The molecule has 0 radical (unpaired) electrons. The highest BCUT2D eigenvalue weighted by molar-refractivity contribution is 8.00. The molecule has 0 atom stereocenters. The zero-order valence-corrected chi connectivity index (χ0v) is 10.8. The Morgan fingerprint density at radius 3 is 3.00 bits per heavy atom. The lowest BCUT2D eigenvalue weighted by Gasteiger charge is -2.16. The first-order chi connectivity index (χ1) is 8.65. The third-order valence-corrected chi connectivity index (χ3v) is 3.84. The molecule has 5 heteroatoms. The number of hydrogen-bond donors (Lipinski definition) is 2. The van der Waals surface area contributed by atoms with Gasteiger partial charge in [0.1, 0.15) is 0 Å². The number of thioether (sulfide) groups is 1. The Hall–Kier alpha value is -1.49. The van der Waals surface area contributed by atoms with Crippen LogP contribution in [0.3, 0.4) is 0 Å². The molecule has 0 spiro atoms. The van der Waals surface area contributed by atoms with Crippen LogP contribution in [0.2, 0.25) is 0 Å². The molecule has 0 saturated carbocycles. The van der Waals surface area contributed by atoms with Crippen LogP contribution in [0.5, 0.6) is 0 Å². The lowest BCUT2D eigenvalue weighted by Crippen LogP contribution is -2.18. The van der Waals surface area contributed by atoms with Crippen LogP contribution >= 0.6 is 11.8 Å². The molecule has 0 saturated heterocycles. The molecule has 0 fully saturated rings. The summed E-state index contributed by atoms with van der Waals surface area (Å²) in [7, 11) is 0. The number of anilines is 1. The second kappa shape index (κ2) is 5.91. The maximum absolute atomic E-state index is 11.2. The summed E-state index contributed by atoms with van der Waals surface area (Å²) >= 11 is 1.55. The van der Waals surface area contributed by atoms with Crippen LogP contribution in [0.15, 0.2) is 23.1 Å². The molecule has 0 aliphatic carbocycles. The van der Waals surface area contributed by atoms with Crippen molar-refractivity contribution in [2.75, 3.05) is 11.1 Å². The van der Waals surface area contributed by atoms with Crippen LogP contribution in [-0.4, -0.2) is 22.7 Å². The lowest BCUT2D eigenvalue weighted by molar-refractivity contribution is -0.137. The van der Waals surface area contributed by atoms with Crippen LogP contribution in [0.4, 0.5) is 5.69 Å². The lowest BCUT2D eigenvalue weighted by atomic mass is 10.1. The quantitative estimate of drug-likeness (QED) is 0.803. The summed E-state index contributed by atoms with van der Waals surface area (Å²) in [5.74, 6) is -0.226. The Kier molecular flexibility index (Phi) is 4.25. The minimum absolute atomic E-state index is 0.0432. The molecule has 2 N–H and O–H groups in total. The number of rotatable bonds is 5. The Labute approximate surface area is 110 Å². The van der Waals surface area contributed by atoms with E-state index in [0.717, 1.165) is 23.4 Å². The van der Waals surface area contributed by atoms with Gasteiger partial charge in [0.25, 0.3) is 0 Å². The van der Waals surface area contributed by atoms with Gasteiger partial charge in [0.15, 0.2) is 0 Å². The van der Waals surface area contributed by atoms with Crippen molar-refractivity contribution in [1.82, 2.24) is 0 Å². The molecule has 96 valence electrons. The number of hydrogen-bond acceptors (Lipinski definition) is 3. The average molecular weight is 265 g/mol. The van der Waals surface area contributed by atoms with Gasteiger partial charge in [-0.3, -0.25) is 9.59 Å². The van der Waals surface area contributed by atoms with E-state index in [2.05, 4.69) is 11.4 Å². The highest BCUT2D eigenvalue weighted by Crippen LogP contribution is 2.32. The van der Waals surface area contributed by atoms with E-state index in [1.807, 2.05) is 12.1 Å². The van der Waals surface area contributed by atoms with Gasteiger partial charge in [0.2, 0.25) is 5.91 Å². The van der Waals surface area contributed by atoms with Gasteiger partial charge >= 0.3 is 5.97 Å². The molecular formula is C13H15NO3S. The van der Waals surface area contributed by atoms with Crippen molar-refractivity contribution in [3.8, 4) is 0 Å². The van der Waals surface area contributed by atoms with Gasteiger partial charge in [0.05, 0.1) is 11.4 Å². The van der Waals surface area contributed by atoms with Crippen molar-refractivity contribution in [2.45, 2.75) is 30.6 Å². The number of carboxylic acids is 1. The molecule has 1 aliphatic rings. The molecular weight excluding hydrogens is 250 g/mol. The number of aryl methyl sites for hydroxylation is 1. The molecule has 1 aliphatic heterocycles. The summed E-state index contributed by atoms with van der Waals surface area (Å²) in [4.78, 5) is 22.7. The van der Waals surface area contributed by atoms with E-state index in [-0.39, 0.29) is 12.3 Å². The van der Waals surface area contributed by atoms with Gasteiger partial charge in [-0.2, -0.15) is 0 Å². The Morgan fingerprint density at radius 1 is 1.39 bits per heavy atom. The van der Waals surface area contributed by atoms with Crippen LogP contribution < -0.4 is 5.32 Å². The zero-order valence-electron chi connectivity index (χ0n) is 9.94. The second-order valence-corrected chi connectivity index (χ2v) is 5.29. The highest BCUT2D eigenvalue weighted by atomic mass is 32.2. The Balaban J connectivity index is 1.91. The average Bonchev–Trinajstić information content (AvgIpc) is 2.34. The van der Waals surface area contributed by atoms with E-state index in [9.17, 15) is 9.59 Å². The van der Waals surface area contributed by atoms with Crippen molar-refractivity contribution in [3.05, 3.63) is 23.8 Å². The van der Waals surface area contributed by atoms with E-state index in [4.69, 9.17) is 5.11 Å². The molecule has 1 amide bonds. The third kappa shape index (κ3) is 3.50. The fraction of sp³-hybridized carbons (Fsp3) is 0.385. The van der Waals surface area contributed by atoms with E-state index >= 15 is 0 Å². The molecule has 1 aromatic carbocycles. The molecule has 0 bridgehead atoms. The summed E-state index contributed by atoms with van der Waals surface area (Å²) in [6.07, 6.45) is 2.70. The summed E-state index contributed by atoms with van der Waals surface area (Å²) in [5.41, 5.74) is 2.08. The monoisotopic (exact) mass is 265 g/mol. The van der Waals surface area contributed by atoms with Gasteiger partial charge in [-0.05, 0) is 37.0 Å². The Morgan fingerprint density at radius 2 is 2.22 bits per heavy atom. The fourth-order valence-electron chi connectivity index (χ4n) is 1.88. The molecule has 18 heavy (non-hydrogen) atoms. The second-order valence-electron chi connectivity index (χ2n) is 4.27. The number of carboxylic acid groups (broad SMARTS) is 1. The summed E-state index contributed by atoms with van der Waals surface area (Å²) in [5, 5.41) is 11.4. The molecule has 4 nitrogen and oxygen atoms in total. The number of nitrogens with one attached hydrogen (secondary N) is 1. The van der Waals surface area contributed by atoms with Crippen molar-refractivity contribution >= 4 is 29.3 Å². The number of fused-ring (bicyclic) bond motifs is 1. The van der Waals surface area contributed by atoms with Crippen molar-refractivity contribution in [3.63, 3.8) is 0 Å². The van der Waals surface area contributed by atoms with E-state index in [0.29, 0.717) is 12.2 Å². The van der Waals surface area contributed by atoms with E-state index in [1.54, 1.807) is 11.8 Å². The number of unbranched alkanes of at least 4 members (excludes halogenated alkanes) is 1. The summed E-state index contributed by atoms with van der Waals surface area (Å²) in [6.45, 7) is 0. The van der Waals surface area contributed by atoms with Crippen LogP contribution in [0, 0.1) is 0 Å². The largest absolute Gasteiger partial charge is 0.481 e. The smallest absolute Gasteiger partial charge is 0.303 e. The highest BCUT2D eigenvalue weighted by Gasteiger charge is 2.15. The van der Waals surface area contributed by atoms with Crippen LogP contribution in [0.1, 0.15) is 24.8 Å². The summed E-state index contributed by atoms with van der Waals surface area (Å²) in [6, 6.07) is 6.00. The number of carbonyl (C=O) groups is 2. The van der Waals surface area contributed by atoms with E-state index in [1.165, 1.54) is 5.56 Å². The predicted octanol–water partition coefficient (Wildman–Crippen LogP) is 2.53. The number of benzene rings is 1. The minimum atomic E-state index is -0.737. The predicted molar refractivity (Wildman–Crippen MR) is 71.0 cm³/mol. The fourth-order valence-corrected chi connectivity index (χ4v) is 2.75. The minimum Gasteiger partial charge on any atom is -0.481 e. The molecule has 0 unspecified atom stereocenters.